The summed E-state index contributed by atoms with van der Waals surface area (Å²) in [5.74, 6) is 0.286. The minimum atomic E-state index is -4.37. The minimum absolute atomic E-state index is 0.0286. The normalized spacial score (nSPS) is 19.6. The fourth-order valence-corrected chi connectivity index (χ4v) is 4.63. The van der Waals surface area contributed by atoms with Gasteiger partial charge in [0, 0.05) is 5.56 Å². The summed E-state index contributed by atoms with van der Waals surface area (Å²) in [6.45, 7) is 1.35. The molecule has 0 aliphatic heterocycles. The van der Waals surface area contributed by atoms with Gasteiger partial charge in [-0.3, -0.25) is 4.72 Å². The van der Waals surface area contributed by atoms with E-state index in [-0.39, 0.29) is 30.6 Å². The molecule has 0 spiro atoms. The van der Waals surface area contributed by atoms with E-state index in [9.17, 15) is 21.6 Å². The van der Waals surface area contributed by atoms with Crippen LogP contribution in [0.2, 0.25) is 0 Å². The Morgan fingerprint density at radius 2 is 1.93 bits per heavy atom. The smallest absolute Gasteiger partial charge is 0.397 e. The summed E-state index contributed by atoms with van der Waals surface area (Å²) in [5.41, 5.74) is 0.0768. The van der Waals surface area contributed by atoms with Crippen LogP contribution in [0.5, 0.6) is 5.88 Å². The van der Waals surface area contributed by atoms with Crippen LogP contribution >= 0.6 is 0 Å². The molecule has 2 fully saturated rings. The van der Waals surface area contributed by atoms with Gasteiger partial charge in [0.05, 0.1) is 6.26 Å². The van der Waals surface area contributed by atoms with Crippen molar-refractivity contribution < 1.29 is 26.3 Å². The number of hydrogen-bond acceptors (Lipinski definition) is 5. The van der Waals surface area contributed by atoms with E-state index in [4.69, 9.17) is 4.74 Å². The maximum atomic E-state index is 13.8. The quantitative estimate of drug-likeness (QED) is 0.751. The van der Waals surface area contributed by atoms with Gasteiger partial charge >= 0.3 is 6.18 Å². The van der Waals surface area contributed by atoms with Crippen molar-refractivity contribution in [1.82, 2.24) is 14.6 Å². The lowest BCUT2D eigenvalue weighted by molar-refractivity contribution is -0.231. The van der Waals surface area contributed by atoms with Crippen LogP contribution in [0.3, 0.4) is 0 Å². The summed E-state index contributed by atoms with van der Waals surface area (Å²) in [6.07, 6.45) is -0.505. The lowest BCUT2D eigenvalue weighted by Gasteiger charge is -2.31. The highest BCUT2D eigenvalue weighted by Gasteiger charge is 2.56. The molecule has 2 heterocycles. The second kappa shape index (κ2) is 6.75. The number of nitrogens with one attached hydrogen (secondary N) is 1. The Kier molecular flexibility index (Phi) is 4.71. The number of aromatic nitrogens is 3. The van der Waals surface area contributed by atoms with Gasteiger partial charge in [-0.1, -0.05) is 12.8 Å². The average molecular weight is 432 g/mol. The molecule has 29 heavy (non-hydrogen) atoms. The van der Waals surface area contributed by atoms with Crippen molar-refractivity contribution >= 4 is 21.6 Å². The Morgan fingerprint density at radius 3 is 2.48 bits per heavy atom. The summed E-state index contributed by atoms with van der Waals surface area (Å²) in [6, 6.07) is 1.75. The number of anilines is 1. The number of aryl methyl sites for hydroxylation is 1. The first-order valence-corrected chi connectivity index (χ1v) is 11.5. The van der Waals surface area contributed by atoms with Crippen LogP contribution in [0.1, 0.15) is 55.6 Å². The van der Waals surface area contributed by atoms with Crippen molar-refractivity contribution in [3.63, 3.8) is 0 Å². The summed E-state index contributed by atoms with van der Waals surface area (Å²) >= 11 is 0. The SMILES string of the molecule is Cc1cc2nnc(NS(C)(=O)=O)n2c(OCC2(C(F)(F)F)CCCC2)c1C1CC1. The monoisotopic (exact) mass is 432 g/mol. The van der Waals surface area contributed by atoms with Crippen molar-refractivity contribution in [2.24, 2.45) is 5.41 Å². The predicted octanol–water partition coefficient (Wildman–Crippen LogP) is 3.79. The maximum absolute atomic E-state index is 13.8. The number of alkyl halides is 3. The molecule has 4 rings (SSSR count). The van der Waals surface area contributed by atoms with E-state index in [1.165, 1.54) is 4.40 Å². The molecule has 11 heteroatoms. The van der Waals surface area contributed by atoms with Crippen LogP contribution in [0.25, 0.3) is 5.65 Å². The molecule has 160 valence electrons. The highest BCUT2D eigenvalue weighted by molar-refractivity contribution is 7.92. The zero-order valence-corrected chi connectivity index (χ0v) is 17.0. The first-order valence-electron chi connectivity index (χ1n) is 9.57. The molecule has 0 bridgehead atoms. The Bertz CT molecular complexity index is 1040. The molecule has 1 N–H and O–H groups in total. The number of sulfonamides is 1. The van der Waals surface area contributed by atoms with Crippen LogP contribution in [0.4, 0.5) is 19.1 Å². The molecular weight excluding hydrogens is 409 g/mol. The Labute approximate surface area is 166 Å². The zero-order valence-electron chi connectivity index (χ0n) is 16.2. The van der Waals surface area contributed by atoms with Crippen molar-refractivity contribution in [3.8, 4) is 5.88 Å². The van der Waals surface area contributed by atoms with Crippen LogP contribution in [-0.2, 0) is 10.0 Å². The second-order valence-electron chi connectivity index (χ2n) is 8.19. The second-order valence-corrected chi connectivity index (χ2v) is 9.93. The van der Waals surface area contributed by atoms with E-state index in [2.05, 4.69) is 14.9 Å². The molecule has 0 aromatic carbocycles. The number of halogens is 3. The first kappa shape index (κ1) is 20.2. The summed E-state index contributed by atoms with van der Waals surface area (Å²) in [4.78, 5) is 0. The fraction of sp³-hybridized carbons (Fsp3) is 0.667. The van der Waals surface area contributed by atoms with Crippen LogP contribution in [0, 0.1) is 12.3 Å². The predicted molar refractivity (Wildman–Crippen MR) is 101 cm³/mol. The molecule has 0 amide bonds. The average Bonchev–Trinajstić information content (AvgIpc) is 3.16. The lowest BCUT2D eigenvalue weighted by Crippen LogP contribution is -2.41. The number of nitrogens with zero attached hydrogens (tertiary/aromatic N) is 3. The Hall–Kier alpha value is -2.04. The minimum Gasteiger partial charge on any atom is -0.477 e. The van der Waals surface area contributed by atoms with Crippen LogP contribution < -0.4 is 9.46 Å². The lowest BCUT2D eigenvalue weighted by atomic mass is 9.86. The van der Waals surface area contributed by atoms with Crippen molar-refractivity contribution in [2.45, 2.75) is 57.5 Å². The molecule has 2 aliphatic carbocycles. The summed E-state index contributed by atoms with van der Waals surface area (Å²) in [7, 11) is -3.66. The van der Waals surface area contributed by atoms with Crippen molar-refractivity contribution in [1.29, 1.82) is 0 Å². The largest absolute Gasteiger partial charge is 0.477 e. The number of pyridine rings is 1. The third kappa shape index (κ3) is 3.76. The molecule has 2 saturated carbocycles. The molecular formula is C18H23F3N4O3S. The van der Waals surface area contributed by atoms with Crippen molar-refractivity contribution in [2.75, 3.05) is 17.6 Å². The van der Waals surface area contributed by atoms with Gasteiger partial charge in [-0.2, -0.15) is 13.2 Å². The topological polar surface area (TPSA) is 85.6 Å². The van der Waals surface area contributed by atoms with Gasteiger partial charge in [0.1, 0.15) is 12.0 Å². The number of fused-ring (bicyclic) bond motifs is 1. The first-order chi connectivity index (χ1) is 13.5. The Morgan fingerprint density at radius 1 is 1.28 bits per heavy atom. The van der Waals surface area contributed by atoms with E-state index >= 15 is 0 Å². The highest BCUT2D eigenvalue weighted by atomic mass is 32.2. The van der Waals surface area contributed by atoms with E-state index < -0.39 is 28.2 Å². The highest BCUT2D eigenvalue weighted by Crippen LogP contribution is 2.52. The summed E-state index contributed by atoms with van der Waals surface area (Å²) in [5, 5.41) is 7.84. The molecule has 7 nitrogen and oxygen atoms in total. The number of ether oxygens (including phenoxy) is 1. The molecule has 2 aromatic rings. The molecule has 2 aliphatic rings. The van der Waals surface area contributed by atoms with Gasteiger partial charge in [0.15, 0.2) is 5.65 Å². The van der Waals surface area contributed by atoms with Gasteiger partial charge in [0.25, 0.3) is 0 Å². The van der Waals surface area contributed by atoms with Crippen LogP contribution in [-0.4, -0.2) is 42.1 Å². The van der Waals surface area contributed by atoms with E-state index in [1.807, 2.05) is 6.92 Å². The number of hydrogen-bond donors (Lipinski definition) is 1. The van der Waals surface area contributed by atoms with Crippen molar-refractivity contribution in [3.05, 3.63) is 17.2 Å². The van der Waals surface area contributed by atoms with Crippen LogP contribution in [0.15, 0.2) is 6.07 Å². The third-order valence-corrected chi connectivity index (χ3v) is 6.35. The van der Waals surface area contributed by atoms with Gasteiger partial charge < -0.3 is 4.74 Å². The molecule has 2 aromatic heterocycles. The maximum Gasteiger partial charge on any atom is 0.397 e. The summed E-state index contributed by atoms with van der Waals surface area (Å²) < 4.78 is 74.4. The molecule has 0 radical (unpaired) electrons. The van der Waals surface area contributed by atoms with E-state index in [0.717, 1.165) is 30.2 Å². The standard InChI is InChI=1S/C18H23F3N4O3S/c1-11-9-13-22-23-16(24-29(2,26)27)25(13)15(14(11)12-5-6-12)28-10-17(18(19,20)21)7-3-4-8-17/h9,12H,3-8,10H2,1-2H3,(H,23,24). The Balaban J connectivity index is 1.81. The molecule has 0 saturated heterocycles. The van der Waals surface area contributed by atoms with Gasteiger partial charge in [0.2, 0.25) is 21.9 Å². The fourth-order valence-electron chi connectivity index (χ4n) is 4.16. The van der Waals surface area contributed by atoms with E-state index in [0.29, 0.717) is 18.5 Å². The third-order valence-electron chi connectivity index (χ3n) is 5.80. The molecule has 0 unspecified atom stereocenters. The van der Waals surface area contributed by atoms with Gasteiger partial charge in [-0.15, -0.1) is 10.2 Å². The van der Waals surface area contributed by atoms with Gasteiger partial charge in [-0.25, -0.2) is 12.8 Å². The van der Waals surface area contributed by atoms with E-state index in [1.54, 1.807) is 6.07 Å². The molecule has 0 atom stereocenters. The zero-order chi connectivity index (χ0) is 21.0. The number of rotatable bonds is 6. The van der Waals surface area contributed by atoms with Gasteiger partial charge in [-0.05, 0) is 50.2 Å².